The molecule has 2 heteroatoms. The van der Waals surface area contributed by atoms with Crippen LogP contribution in [0.1, 0.15) is 12.5 Å². The van der Waals surface area contributed by atoms with Crippen LogP contribution in [0.4, 0.5) is 0 Å². The minimum Gasteiger partial charge on any atom is -0.493 e. The van der Waals surface area contributed by atoms with Crippen LogP contribution in [0.5, 0.6) is 11.5 Å². The van der Waals surface area contributed by atoms with Gasteiger partial charge in [0.2, 0.25) is 0 Å². The number of para-hydroxylation sites is 1. The Morgan fingerprint density at radius 3 is 2.46 bits per heavy atom. The molecule has 0 N–H and O–H groups in total. The van der Waals surface area contributed by atoms with E-state index in [4.69, 9.17) is 9.47 Å². The monoisotopic (exact) mass is 178 g/mol. The van der Waals surface area contributed by atoms with Crippen molar-refractivity contribution in [3.05, 3.63) is 29.8 Å². The molecule has 0 spiro atoms. The summed E-state index contributed by atoms with van der Waals surface area (Å²) in [5, 5.41) is 0. The summed E-state index contributed by atoms with van der Waals surface area (Å²) in [5.41, 5.74) is 1.03. The highest BCUT2D eigenvalue weighted by atomic mass is 16.5. The van der Waals surface area contributed by atoms with Crippen molar-refractivity contribution in [3.8, 4) is 11.5 Å². The first-order valence-electron chi connectivity index (χ1n) is 4.17. The molecule has 1 rings (SSSR count). The van der Waals surface area contributed by atoms with E-state index in [2.05, 4.69) is 0 Å². The Morgan fingerprint density at radius 1 is 1.15 bits per heavy atom. The molecular weight excluding hydrogens is 164 g/mol. The van der Waals surface area contributed by atoms with Crippen LogP contribution in [-0.4, -0.2) is 14.2 Å². The van der Waals surface area contributed by atoms with Gasteiger partial charge in [-0.1, -0.05) is 24.3 Å². The van der Waals surface area contributed by atoms with E-state index in [9.17, 15) is 0 Å². The topological polar surface area (TPSA) is 18.5 Å². The molecule has 0 amide bonds. The van der Waals surface area contributed by atoms with Crippen molar-refractivity contribution in [2.24, 2.45) is 0 Å². The Labute approximate surface area is 78.8 Å². The van der Waals surface area contributed by atoms with Gasteiger partial charge in [0.15, 0.2) is 11.5 Å². The smallest absolute Gasteiger partial charge is 0.167 e. The predicted octanol–water partition coefficient (Wildman–Crippen LogP) is 2.74. The first-order valence-corrected chi connectivity index (χ1v) is 4.17. The van der Waals surface area contributed by atoms with Crippen molar-refractivity contribution in [1.82, 2.24) is 0 Å². The summed E-state index contributed by atoms with van der Waals surface area (Å²) < 4.78 is 10.4. The lowest BCUT2D eigenvalue weighted by atomic mass is 10.1. The molecule has 70 valence electrons. The number of methoxy groups -OCH3 is 2. The largest absolute Gasteiger partial charge is 0.493 e. The van der Waals surface area contributed by atoms with E-state index in [1.165, 1.54) is 0 Å². The maximum absolute atomic E-state index is 5.24. The van der Waals surface area contributed by atoms with E-state index < -0.39 is 0 Å². The Kier molecular flexibility index (Phi) is 3.38. The second-order valence-corrected chi connectivity index (χ2v) is 2.58. The Hall–Kier alpha value is -1.44. The van der Waals surface area contributed by atoms with Crippen molar-refractivity contribution in [2.45, 2.75) is 6.92 Å². The third kappa shape index (κ3) is 2.02. The number of hydrogen-bond acceptors (Lipinski definition) is 2. The molecule has 0 saturated heterocycles. The SMILES string of the molecule is C/C=C/c1cccc(OC)c1OC. The predicted molar refractivity (Wildman–Crippen MR) is 54.3 cm³/mol. The van der Waals surface area contributed by atoms with Gasteiger partial charge in [-0.05, 0) is 13.0 Å². The van der Waals surface area contributed by atoms with Gasteiger partial charge in [0.05, 0.1) is 14.2 Å². The van der Waals surface area contributed by atoms with Gasteiger partial charge in [0.1, 0.15) is 0 Å². The van der Waals surface area contributed by atoms with E-state index in [0.29, 0.717) is 0 Å². The summed E-state index contributed by atoms with van der Waals surface area (Å²) in [5.74, 6) is 1.54. The van der Waals surface area contributed by atoms with Gasteiger partial charge in [0.25, 0.3) is 0 Å². The molecule has 0 aliphatic heterocycles. The average molecular weight is 178 g/mol. The van der Waals surface area contributed by atoms with Crippen LogP contribution in [0.3, 0.4) is 0 Å². The van der Waals surface area contributed by atoms with Crippen LogP contribution in [0.25, 0.3) is 6.08 Å². The quantitative estimate of drug-likeness (QED) is 0.708. The summed E-state index contributed by atoms with van der Waals surface area (Å²) in [6.07, 6.45) is 3.96. The molecule has 0 unspecified atom stereocenters. The number of allylic oxidation sites excluding steroid dienone is 1. The number of hydrogen-bond donors (Lipinski definition) is 0. The molecule has 13 heavy (non-hydrogen) atoms. The second-order valence-electron chi connectivity index (χ2n) is 2.58. The van der Waals surface area contributed by atoms with Gasteiger partial charge < -0.3 is 9.47 Å². The highest BCUT2D eigenvalue weighted by Gasteiger charge is 2.05. The first kappa shape index (κ1) is 9.65. The minimum absolute atomic E-state index is 0.762. The van der Waals surface area contributed by atoms with Crippen LogP contribution in [0.2, 0.25) is 0 Å². The molecule has 0 atom stereocenters. The molecule has 0 fully saturated rings. The van der Waals surface area contributed by atoms with Crippen LogP contribution < -0.4 is 9.47 Å². The van der Waals surface area contributed by atoms with Crippen molar-refractivity contribution >= 4 is 6.08 Å². The van der Waals surface area contributed by atoms with Crippen molar-refractivity contribution in [1.29, 1.82) is 0 Å². The molecule has 0 aliphatic carbocycles. The van der Waals surface area contributed by atoms with Gasteiger partial charge in [-0.2, -0.15) is 0 Å². The maximum atomic E-state index is 5.24. The Balaban J connectivity index is 3.18. The van der Waals surface area contributed by atoms with E-state index in [1.54, 1.807) is 14.2 Å². The lowest BCUT2D eigenvalue weighted by Gasteiger charge is -2.09. The fourth-order valence-corrected chi connectivity index (χ4v) is 1.22. The molecule has 0 aromatic heterocycles. The standard InChI is InChI=1S/C11H14O2/c1-4-6-9-7-5-8-10(12-2)11(9)13-3/h4-8H,1-3H3/b6-4+. The Morgan fingerprint density at radius 2 is 1.92 bits per heavy atom. The average Bonchev–Trinajstić information content (AvgIpc) is 2.18. The van der Waals surface area contributed by atoms with Gasteiger partial charge in [-0.3, -0.25) is 0 Å². The molecule has 2 nitrogen and oxygen atoms in total. The van der Waals surface area contributed by atoms with Gasteiger partial charge in [-0.15, -0.1) is 0 Å². The zero-order valence-electron chi connectivity index (χ0n) is 8.20. The zero-order valence-corrected chi connectivity index (χ0v) is 8.20. The fourth-order valence-electron chi connectivity index (χ4n) is 1.22. The molecule has 0 radical (unpaired) electrons. The molecule has 0 heterocycles. The third-order valence-electron chi connectivity index (χ3n) is 1.78. The summed E-state index contributed by atoms with van der Waals surface area (Å²) in [6, 6.07) is 5.81. The van der Waals surface area contributed by atoms with Crippen molar-refractivity contribution < 1.29 is 9.47 Å². The van der Waals surface area contributed by atoms with Crippen LogP contribution >= 0.6 is 0 Å². The highest BCUT2D eigenvalue weighted by Crippen LogP contribution is 2.31. The summed E-state index contributed by atoms with van der Waals surface area (Å²) in [6.45, 7) is 1.97. The van der Waals surface area contributed by atoms with E-state index in [1.807, 2.05) is 37.3 Å². The number of ether oxygens (including phenoxy) is 2. The normalized spacial score (nSPS) is 10.4. The third-order valence-corrected chi connectivity index (χ3v) is 1.78. The maximum Gasteiger partial charge on any atom is 0.167 e. The van der Waals surface area contributed by atoms with Crippen LogP contribution in [0.15, 0.2) is 24.3 Å². The highest BCUT2D eigenvalue weighted by molar-refractivity contribution is 5.62. The molecule has 0 bridgehead atoms. The van der Waals surface area contributed by atoms with Crippen molar-refractivity contribution in [2.75, 3.05) is 14.2 Å². The van der Waals surface area contributed by atoms with E-state index >= 15 is 0 Å². The zero-order chi connectivity index (χ0) is 9.68. The van der Waals surface area contributed by atoms with Crippen LogP contribution in [0, 0.1) is 0 Å². The summed E-state index contributed by atoms with van der Waals surface area (Å²) in [4.78, 5) is 0. The second kappa shape index (κ2) is 4.55. The molecule has 1 aromatic rings. The molecule has 1 aromatic carbocycles. The Bertz CT molecular complexity index is 303. The van der Waals surface area contributed by atoms with Gasteiger partial charge >= 0.3 is 0 Å². The fraction of sp³-hybridized carbons (Fsp3) is 0.273. The summed E-state index contributed by atoms with van der Waals surface area (Å²) in [7, 11) is 3.28. The van der Waals surface area contributed by atoms with Gasteiger partial charge in [0, 0.05) is 5.56 Å². The number of benzene rings is 1. The van der Waals surface area contributed by atoms with Crippen LogP contribution in [-0.2, 0) is 0 Å². The summed E-state index contributed by atoms with van der Waals surface area (Å²) >= 11 is 0. The number of rotatable bonds is 3. The minimum atomic E-state index is 0.762. The molecule has 0 saturated carbocycles. The molecular formula is C11H14O2. The van der Waals surface area contributed by atoms with E-state index in [-0.39, 0.29) is 0 Å². The lowest BCUT2D eigenvalue weighted by molar-refractivity contribution is 0.354. The van der Waals surface area contributed by atoms with Crippen molar-refractivity contribution in [3.63, 3.8) is 0 Å². The first-order chi connectivity index (χ1) is 6.33. The molecule has 0 aliphatic rings. The van der Waals surface area contributed by atoms with E-state index in [0.717, 1.165) is 17.1 Å². The van der Waals surface area contributed by atoms with Gasteiger partial charge in [-0.25, -0.2) is 0 Å². The lowest BCUT2D eigenvalue weighted by Crippen LogP contribution is -1.92.